The van der Waals surface area contributed by atoms with Crippen molar-refractivity contribution >= 4 is 32.5 Å². The molecule has 34 heavy (non-hydrogen) atoms. The number of fused-ring (bicyclic) bond motifs is 1. The van der Waals surface area contributed by atoms with E-state index in [0.29, 0.717) is 24.6 Å². The van der Waals surface area contributed by atoms with Crippen molar-refractivity contribution in [2.75, 3.05) is 17.8 Å². The molecule has 0 bridgehead atoms. The summed E-state index contributed by atoms with van der Waals surface area (Å²) in [6.45, 7) is 1.27. The summed E-state index contributed by atoms with van der Waals surface area (Å²) >= 11 is 0. The van der Waals surface area contributed by atoms with E-state index in [9.17, 15) is 17.6 Å². The van der Waals surface area contributed by atoms with E-state index in [1.54, 1.807) is 11.0 Å². The Kier molecular flexibility index (Phi) is 5.83. The van der Waals surface area contributed by atoms with Crippen molar-refractivity contribution in [2.24, 2.45) is 0 Å². The van der Waals surface area contributed by atoms with Crippen molar-refractivity contribution < 1.29 is 17.6 Å². The van der Waals surface area contributed by atoms with E-state index in [1.165, 1.54) is 53.5 Å². The van der Waals surface area contributed by atoms with Crippen LogP contribution in [0.5, 0.6) is 0 Å². The topological polar surface area (TPSA) is 82.3 Å². The number of H-pyrrole nitrogens is 1. The lowest BCUT2D eigenvalue weighted by atomic mass is 9.93. The van der Waals surface area contributed by atoms with Gasteiger partial charge in [-0.05, 0) is 66.8 Å². The standard InChI is InChI=1S/C26H24FN3O3S/c27-22-6-2-4-8-24(22)29-34(32,33)21-11-9-19(10-12-21)26(31)30-15-13-18(14-16-30)25-17-20-5-1-3-7-23(20)28-25/h1-12,17-18,28-29H,13-16H2. The van der Waals surface area contributed by atoms with E-state index in [4.69, 9.17) is 0 Å². The SMILES string of the molecule is O=C(c1ccc(S(=O)(=O)Nc2ccccc2F)cc1)N1CCC(c2cc3ccccc3[nH]2)CC1. The summed E-state index contributed by atoms with van der Waals surface area (Å²) in [6, 6.07) is 21.7. The van der Waals surface area contributed by atoms with Gasteiger partial charge < -0.3 is 9.88 Å². The summed E-state index contributed by atoms with van der Waals surface area (Å²) in [5.41, 5.74) is 2.62. The number of halogens is 1. The number of carbonyl (C=O) groups excluding carboxylic acids is 1. The fourth-order valence-corrected chi connectivity index (χ4v) is 5.48. The second-order valence-electron chi connectivity index (χ2n) is 8.49. The molecule has 0 aliphatic carbocycles. The Hall–Kier alpha value is -3.65. The Morgan fingerprint density at radius 1 is 0.941 bits per heavy atom. The number of aromatic amines is 1. The molecular weight excluding hydrogens is 453 g/mol. The summed E-state index contributed by atoms with van der Waals surface area (Å²) in [5.74, 6) is -0.414. The molecule has 1 saturated heterocycles. The highest BCUT2D eigenvalue weighted by Crippen LogP contribution is 2.30. The number of anilines is 1. The number of likely N-dealkylation sites (tertiary alicyclic amines) is 1. The number of carbonyl (C=O) groups is 1. The fraction of sp³-hybridized carbons (Fsp3) is 0.192. The smallest absolute Gasteiger partial charge is 0.261 e. The highest BCUT2D eigenvalue weighted by atomic mass is 32.2. The van der Waals surface area contributed by atoms with Gasteiger partial charge in [0, 0.05) is 35.8 Å². The first-order valence-electron chi connectivity index (χ1n) is 11.1. The molecule has 0 unspecified atom stereocenters. The summed E-state index contributed by atoms with van der Waals surface area (Å²) in [5, 5.41) is 1.19. The van der Waals surface area contributed by atoms with Gasteiger partial charge in [-0.15, -0.1) is 0 Å². The van der Waals surface area contributed by atoms with Crippen LogP contribution in [0.2, 0.25) is 0 Å². The van der Waals surface area contributed by atoms with Gasteiger partial charge >= 0.3 is 0 Å². The van der Waals surface area contributed by atoms with Gasteiger partial charge in [0.15, 0.2) is 0 Å². The molecule has 0 atom stereocenters. The van der Waals surface area contributed by atoms with E-state index >= 15 is 0 Å². The lowest BCUT2D eigenvalue weighted by molar-refractivity contribution is 0.0712. The number of benzene rings is 3. The second-order valence-corrected chi connectivity index (χ2v) is 10.2. The molecule has 1 aliphatic heterocycles. The fourth-order valence-electron chi connectivity index (χ4n) is 4.42. The molecule has 8 heteroatoms. The average molecular weight is 478 g/mol. The minimum absolute atomic E-state index is 0.0372. The largest absolute Gasteiger partial charge is 0.358 e. The maximum atomic E-state index is 13.8. The van der Waals surface area contributed by atoms with Crippen LogP contribution in [0.1, 0.15) is 34.8 Å². The van der Waals surface area contributed by atoms with Gasteiger partial charge in [0.05, 0.1) is 10.6 Å². The number of sulfonamides is 1. The quantitative estimate of drug-likeness (QED) is 0.418. The zero-order chi connectivity index (χ0) is 23.7. The summed E-state index contributed by atoms with van der Waals surface area (Å²) in [4.78, 5) is 18.2. The third-order valence-electron chi connectivity index (χ3n) is 6.30. The molecule has 0 spiro atoms. The molecule has 174 valence electrons. The van der Waals surface area contributed by atoms with Crippen LogP contribution in [0.25, 0.3) is 10.9 Å². The zero-order valence-electron chi connectivity index (χ0n) is 18.4. The number of rotatable bonds is 5. The first-order valence-corrected chi connectivity index (χ1v) is 12.6. The van der Waals surface area contributed by atoms with Crippen LogP contribution in [0.3, 0.4) is 0 Å². The molecule has 0 radical (unpaired) electrons. The van der Waals surface area contributed by atoms with Crippen LogP contribution in [-0.4, -0.2) is 37.3 Å². The van der Waals surface area contributed by atoms with E-state index in [-0.39, 0.29) is 16.5 Å². The maximum Gasteiger partial charge on any atom is 0.261 e. The summed E-state index contributed by atoms with van der Waals surface area (Å²) < 4.78 is 41.3. The van der Waals surface area contributed by atoms with Gasteiger partial charge in [0.25, 0.3) is 15.9 Å². The van der Waals surface area contributed by atoms with E-state index < -0.39 is 15.8 Å². The Morgan fingerprint density at radius 2 is 1.62 bits per heavy atom. The maximum absolute atomic E-state index is 13.8. The normalized spacial score (nSPS) is 14.9. The number of nitrogens with zero attached hydrogens (tertiary/aromatic N) is 1. The number of amides is 1. The molecule has 0 saturated carbocycles. The first-order chi connectivity index (χ1) is 16.4. The molecule has 1 aliphatic rings. The molecule has 4 aromatic rings. The molecule has 1 fully saturated rings. The predicted octanol–water partition coefficient (Wildman–Crippen LogP) is 5.13. The van der Waals surface area contributed by atoms with Crippen LogP contribution in [0.4, 0.5) is 10.1 Å². The highest BCUT2D eigenvalue weighted by molar-refractivity contribution is 7.92. The van der Waals surface area contributed by atoms with Gasteiger partial charge in [-0.2, -0.15) is 0 Å². The van der Waals surface area contributed by atoms with Crippen LogP contribution >= 0.6 is 0 Å². The van der Waals surface area contributed by atoms with Gasteiger partial charge in [-0.25, -0.2) is 12.8 Å². The van der Waals surface area contributed by atoms with Crippen molar-refractivity contribution in [3.8, 4) is 0 Å². The number of aromatic nitrogens is 1. The number of nitrogens with one attached hydrogen (secondary N) is 2. The first kappa shape index (κ1) is 22.2. The molecule has 2 heterocycles. The summed E-state index contributed by atoms with van der Waals surface area (Å²) in [7, 11) is -3.97. The van der Waals surface area contributed by atoms with Crippen LogP contribution < -0.4 is 4.72 Å². The minimum atomic E-state index is -3.97. The number of hydrogen-bond donors (Lipinski definition) is 2. The predicted molar refractivity (Wildman–Crippen MR) is 130 cm³/mol. The molecular formula is C26H24FN3O3S. The number of hydrogen-bond acceptors (Lipinski definition) is 3. The molecule has 3 aromatic carbocycles. The Labute approximate surface area is 197 Å². The Balaban J connectivity index is 1.23. The average Bonchev–Trinajstić information content (AvgIpc) is 3.30. The van der Waals surface area contributed by atoms with Crippen molar-refractivity contribution in [2.45, 2.75) is 23.7 Å². The molecule has 5 rings (SSSR count). The van der Waals surface area contributed by atoms with Crippen molar-refractivity contribution in [3.05, 3.63) is 95.9 Å². The van der Waals surface area contributed by atoms with Gasteiger partial charge in [0.2, 0.25) is 0 Å². The van der Waals surface area contributed by atoms with Gasteiger partial charge in [-0.1, -0.05) is 30.3 Å². The Bertz CT molecular complexity index is 1410. The number of piperidine rings is 1. The van der Waals surface area contributed by atoms with Crippen LogP contribution in [-0.2, 0) is 10.0 Å². The highest BCUT2D eigenvalue weighted by Gasteiger charge is 2.26. The van der Waals surface area contributed by atoms with Crippen LogP contribution in [0, 0.1) is 5.82 Å². The number of para-hydroxylation sites is 2. The zero-order valence-corrected chi connectivity index (χ0v) is 19.2. The van der Waals surface area contributed by atoms with Crippen LogP contribution in [0.15, 0.2) is 83.8 Å². The molecule has 1 amide bonds. The van der Waals surface area contributed by atoms with E-state index in [1.807, 2.05) is 12.1 Å². The Morgan fingerprint density at radius 3 is 2.32 bits per heavy atom. The van der Waals surface area contributed by atoms with Crippen molar-refractivity contribution in [1.82, 2.24) is 9.88 Å². The molecule has 2 N–H and O–H groups in total. The summed E-state index contributed by atoms with van der Waals surface area (Å²) in [6.07, 6.45) is 1.72. The minimum Gasteiger partial charge on any atom is -0.358 e. The third kappa shape index (κ3) is 4.41. The molecule has 6 nitrogen and oxygen atoms in total. The van der Waals surface area contributed by atoms with Crippen molar-refractivity contribution in [1.29, 1.82) is 0 Å². The van der Waals surface area contributed by atoms with Gasteiger partial charge in [-0.3, -0.25) is 9.52 Å². The lowest BCUT2D eigenvalue weighted by Gasteiger charge is -2.31. The van der Waals surface area contributed by atoms with Gasteiger partial charge in [0.1, 0.15) is 5.82 Å². The third-order valence-corrected chi connectivity index (χ3v) is 7.68. The van der Waals surface area contributed by atoms with E-state index in [2.05, 4.69) is 27.9 Å². The monoisotopic (exact) mass is 477 g/mol. The van der Waals surface area contributed by atoms with E-state index in [0.717, 1.165) is 18.4 Å². The lowest BCUT2D eigenvalue weighted by Crippen LogP contribution is -2.38. The second kappa shape index (κ2) is 8.95. The van der Waals surface area contributed by atoms with Crippen molar-refractivity contribution in [3.63, 3.8) is 0 Å². The molecule has 1 aromatic heterocycles.